The molecule has 3 unspecified atom stereocenters. The molecule has 0 fully saturated rings. The van der Waals surface area contributed by atoms with Crippen molar-refractivity contribution in [1.82, 2.24) is 5.32 Å². The number of unbranched alkanes of at least 4 members (excludes halogenated alkanes) is 29. The van der Waals surface area contributed by atoms with E-state index in [1.807, 2.05) is 27.2 Å². The summed E-state index contributed by atoms with van der Waals surface area (Å²) in [6.45, 7) is 4.70. The number of carbonyl (C=O) groups is 1. The molecule has 0 heterocycles. The van der Waals surface area contributed by atoms with Crippen LogP contribution in [-0.2, 0) is 18.4 Å². The third-order valence-corrected chi connectivity index (χ3v) is 12.3. The number of aliphatic hydroxyl groups is 1. The molecular formula is C51H100N2O6P+. The van der Waals surface area contributed by atoms with Gasteiger partial charge < -0.3 is 19.8 Å². The fraction of sp³-hybridized carbons (Fsp3) is 0.863. The topological polar surface area (TPSA) is 105 Å². The first-order valence-corrected chi connectivity index (χ1v) is 26.9. The number of hydrogen-bond acceptors (Lipinski definition) is 5. The second-order valence-electron chi connectivity index (χ2n) is 18.5. The molecule has 0 rings (SSSR count). The second-order valence-corrected chi connectivity index (χ2v) is 20.0. The number of hydrogen-bond donors (Lipinski definition) is 3. The van der Waals surface area contributed by atoms with Crippen LogP contribution in [0.2, 0.25) is 0 Å². The maximum atomic E-state index is 12.8. The van der Waals surface area contributed by atoms with Gasteiger partial charge in [0, 0.05) is 6.42 Å². The molecule has 1 amide bonds. The van der Waals surface area contributed by atoms with E-state index < -0.39 is 20.0 Å². The highest BCUT2D eigenvalue weighted by molar-refractivity contribution is 7.47. The number of aliphatic hydroxyl groups excluding tert-OH is 1. The summed E-state index contributed by atoms with van der Waals surface area (Å²) >= 11 is 0. The number of carbonyl (C=O) groups excluding carboxylic acids is 1. The van der Waals surface area contributed by atoms with Crippen LogP contribution in [0.15, 0.2) is 36.5 Å². The fourth-order valence-corrected chi connectivity index (χ4v) is 8.04. The van der Waals surface area contributed by atoms with Crippen molar-refractivity contribution in [3.05, 3.63) is 36.5 Å². The molecule has 0 aromatic heterocycles. The predicted molar refractivity (Wildman–Crippen MR) is 258 cm³/mol. The molecule has 60 heavy (non-hydrogen) atoms. The Morgan fingerprint density at radius 2 is 0.950 bits per heavy atom. The summed E-state index contributed by atoms with van der Waals surface area (Å²) in [5.74, 6) is -0.182. The van der Waals surface area contributed by atoms with E-state index >= 15 is 0 Å². The molecule has 0 saturated heterocycles. The smallest absolute Gasteiger partial charge is 0.387 e. The summed E-state index contributed by atoms with van der Waals surface area (Å²) in [5.41, 5.74) is 0. The van der Waals surface area contributed by atoms with Crippen LogP contribution in [-0.4, -0.2) is 73.4 Å². The molecule has 3 N–H and O–H groups in total. The van der Waals surface area contributed by atoms with Crippen LogP contribution in [0, 0.1) is 0 Å². The first kappa shape index (κ1) is 58.7. The average molecular weight is 868 g/mol. The molecule has 0 aliphatic carbocycles. The van der Waals surface area contributed by atoms with E-state index in [9.17, 15) is 19.4 Å². The Hall–Kier alpha value is -1.28. The normalized spacial score (nSPS) is 14.4. The molecule has 0 bridgehead atoms. The first-order chi connectivity index (χ1) is 29.0. The largest absolute Gasteiger partial charge is 0.472 e. The summed E-state index contributed by atoms with van der Waals surface area (Å²) in [6.07, 6.45) is 54.4. The summed E-state index contributed by atoms with van der Waals surface area (Å²) in [5, 5.41) is 13.6. The number of phosphoric ester groups is 1. The van der Waals surface area contributed by atoms with Crippen LogP contribution >= 0.6 is 7.82 Å². The van der Waals surface area contributed by atoms with Gasteiger partial charge in [0.25, 0.3) is 0 Å². The lowest BCUT2D eigenvalue weighted by molar-refractivity contribution is -0.870. The van der Waals surface area contributed by atoms with Crippen molar-refractivity contribution in [2.45, 2.75) is 244 Å². The highest BCUT2D eigenvalue weighted by Crippen LogP contribution is 2.43. The third kappa shape index (κ3) is 44.8. The van der Waals surface area contributed by atoms with Crippen LogP contribution in [0.25, 0.3) is 0 Å². The van der Waals surface area contributed by atoms with E-state index in [0.29, 0.717) is 17.4 Å². The summed E-state index contributed by atoms with van der Waals surface area (Å²) < 4.78 is 23.4. The standard InChI is InChI=1S/C51H99N2O6P/c1-6-8-10-12-13-14-15-16-17-18-19-20-21-22-23-24-25-26-27-28-29-30-31-32-33-34-35-36-37-38-39-41-43-45-51(55)52-49(50(54)44-42-40-11-9-7-2)48-59-60(56,57)58-47-46-53(3,4)5/h15-16,18-19,42,44,49-50,54H,6-14,17,20-41,43,45-48H2,1-5H3,(H-,52,55,56,57)/p+1/b16-15-,19-18-,44-42+. The number of likely N-dealkylation sites (N-methyl/N-ethyl adjacent to an activating group) is 1. The fourth-order valence-electron chi connectivity index (χ4n) is 7.31. The minimum Gasteiger partial charge on any atom is -0.387 e. The van der Waals surface area contributed by atoms with Gasteiger partial charge in [-0.2, -0.15) is 0 Å². The Morgan fingerprint density at radius 1 is 0.567 bits per heavy atom. The molecule has 0 radical (unpaired) electrons. The van der Waals surface area contributed by atoms with E-state index in [-0.39, 0.29) is 19.1 Å². The van der Waals surface area contributed by atoms with Crippen molar-refractivity contribution >= 4 is 13.7 Å². The number of allylic oxidation sites excluding steroid dienone is 5. The third-order valence-electron chi connectivity index (χ3n) is 11.4. The summed E-state index contributed by atoms with van der Waals surface area (Å²) in [7, 11) is 1.57. The second kappa shape index (κ2) is 43.0. The van der Waals surface area contributed by atoms with Crippen LogP contribution in [0.1, 0.15) is 232 Å². The van der Waals surface area contributed by atoms with Crippen LogP contribution in [0.5, 0.6) is 0 Å². The van der Waals surface area contributed by atoms with Crippen LogP contribution < -0.4 is 5.32 Å². The van der Waals surface area contributed by atoms with Gasteiger partial charge >= 0.3 is 7.82 Å². The van der Waals surface area contributed by atoms with Gasteiger partial charge in [0.15, 0.2) is 0 Å². The Morgan fingerprint density at radius 3 is 1.40 bits per heavy atom. The average Bonchev–Trinajstić information content (AvgIpc) is 3.20. The van der Waals surface area contributed by atoms with Gasteiger partial charge in [-0.3, -0.25) is 13.8 Å². The Balaban J connectivity index is 3.78. The van der Waals surface area contributed by atoms with Gasteiger partial charge in [0.05, 0.1) is 39.9 Å². The van der Waals surface area contributed by atoms with Gasteiger partial charge in [-0.05, 0) is 51.4 Å². The zero-order chi connectivity index (χ0) is 44.3. The molecule has 0 aromatic carbocycles. The predicted octanol–water partition coefficient (Wildman–Crippen LogP) is 14.6. The molecule has 0 spiro atoms. The number of quaternary nitrogens is 1. The van der Waals surface area contributed by atoms with Crippen molar-refractivity contribution in [3.63, 3.8) is 0 Å². The zero-order valence-corrected chi connectivity index (χ0v) is 41.1. The first-order valence-electron chi connectivity index (χ1n) is 25.4. The van der Waals surface area contributed by atoms with E-state index in [1.54, 1.807) is 6.08 Å². The molecule has 8 nitrogen and oxygen atoms in total. The van der Waals surface area contributed by atoms with Gasteiger partial charge in [-0.25, -0.2) is 4.57 Å². The Bertz CT molecular complexity index is 1070. The van der Waals surface area contributed by atoms with E-state index in [1.165, 1.54) is 161 Å². The van der Waals surface area contributed by atoms with Crippen molar-refractivity contribution in [1.29, 1.82) is 0 Å². The molecular weight excluding hydrogens is 768 g/mol. The molecule has 0 saturated carbocycles. The quantitative estimate of drug-likeness (QED) is 0.0244. The maximum Gasteiger partial charge on any atom is 0.472 e. The van der Waals surface area contributed by atoms with Crippen LogP contribution in [0.3, 0.4) is 0 Å². The number of rotatable bonds is 46. The van der Waals surface area contributed by atoms with E-state index in [0.717, 1.165) is 51.4 Å². The van der Waals surface area contributed by atoms with Gasteiger partial charge in [-0.15, -0.1) is 0 Å². The van der Waals surface area contributed by atoms with Crippen molar-refractivity contribution < 1.29 is 32.9 Å². The van der Waals surface area contributed by atoms with Crippen molar-refractivity contribution in [2.24, 2.45) is 0 Å². The summed E-state index contributed by atoms with van der Waals surface area (Å²) in [6, 6.07) is -0.840. The molecule has 9 heteroatoms. The number of phosphoric acid groups is 1. The highest BCUT2D eigenvalue weighted by atomic mass is 31.2. The maximum absolute atomic E-state index is 12.8. The monoisotopic (exact) mass is 868 g/mol. The van der Waals surface area contributed by atoms with Gasteiger partial charge in [0.2, 0.25) is 5.91 Å². The zero-order valence-electron chi connectivity index (χ0n) is 40.2. The van der Waals surface area contributed by atoms with Crippen LogP contribution in [0.4, 0.5) is 0 Å². The molecule has 0 aliphatic heterocycles. The summed E-state index contributed by atoms with van der Waals surface area (Å²) in [4.78, 5) is 23.0. The number of nitrogens with one attached hydrogen (secondary N) is 1. The number of amides is 1. The minimum atomic E-state index is -4.32. The lowest BCUT2D eigenvalue weighted by Gasteiger charge is -2.25. The van der Waals surface area contributed by atoms with Gasteiger partial charge in [0.1, 0.15) is 13.2 Å². The molecule has 0 aliphatic rings. The van der Waals surface area contributed by atoms with E-state index in [4.69, 9.17) is 9.05 Å². The van der Waals surface area contributed by atoms with E-state index in [2.05, 4.69) is 43.5 Å². The van der Waals surface area contributed by atoms with Gasteiger partial charge in [-0.1, -0.05) is 211 Å². The lowest BCUT2D eigenvalue weighted by atomic mass is 10.0. The Labute approximate surface area is 372 Å². The molecule has 3 atom stereocenters. The van der Waals surface area contributed by atoms with Crippen molar-refractivity contribution in [3.8, 4) is 0 Å². The molecule has 354 valence electrons. The lowest BCUT2D eigenvalue weighted by Crippen LogP contribution is -2.45. The highest BCUT2D eigenvalue weighted by Gasteiger charge is 2.27. The van der Waals surface area contributed by atoms with Crippen molar-refractivity contribution in [2.75, 3.05) is 40.9 Å². The molecule has 0 aromatic rings. The minimum absolute atomic E-state index is 0.0617. The Kier molecular flexibility index (Phi) is 42.1. The number of nitrogens with zero attached hydrogens (tertiary/aromatic N) is 1. The SMILES string of the molecule is CCCCC/C=C/C(O)C(COP(=O)(O)OCC[N+](C)(C)C)NC(=O)CCCCCCCCCCCCCCCCCCCCCCC/C=C\C/C=C\CCCCCCC.